The highest BCUT2D eigenvalue weighted by Gasteiger charge is 2.24. The van der Waals surface area contributed by atoms with Gasteiger partial charge in [-0.05, 0) is 56.6 Å². The Morgan fingerprint density at radius 1 is 1.09 bits per heavy atom. The number of carboxylic acid groups (broad SMARTS) is 1. The highest BCUT2D eigenvalue weighted by atomic mass is 16.4. The van der Waals surface area contributed by atoms with Crippen LogP contribution in [0.25, 0.3) is 10.9 Å². The van der Waals surface area contributed by atoms with Gasteiger partial charge in [-0.25, -0.2) is 10.1 Å². The maximum Gasteiger partial charge on any atom is 0.306 e. The first-order valence-corrected chi connectivity index (χ1v) is 12.1. The molecule has 4 heterocycles. The first-order valence-electron chi connectivity index (χ1n) is 12.1. The van der Waals surface area contributed by atoms with E-state index >= 15 is 0 Å². The molecular weight excluding hydrogens is 448 g/mol. The van der Waals surface area contributed by atoms with E-state index in [9.17, 15) is 14.7 Å². The van der Waals surface area contributed by atoms with Crippen LogP contribution in [-0.2, 0) is 11.3 Å². The predicted molar refractivity (Wildman–Crippen MR) is 133 cm³/mol. The number of benzene rings is 1. The number of aromatic amines is 1. The number of aromatic nitrogens is 4. The van der Waals surface area contributed by atoms with Crippen LogP contribution < -0.4 is 21.1 Å². The van der Waals surface area contributed by atoms with E-state index in [1.165, 1.54) is 0 Å². The number of likely N-dealkylation sites (tertiary alicyclic amines) is 1. The molecule has 184 valence electrons. The number of fused-ring (bicyclic) bond motifs is 1. The summed E-state index contributed by atoms with van der Waals surface area (Å²) in [6, 6.07) is 8.03. The van der Waals surface area contributed by atoms with Crippen LogP contribution in [0.4, 0.5) is 17.5 Å². The molecule has 3 aromatic rings. The lowest BCUT2D eigenvalue weighted by Crippen LogP contribution is -2.35. The molecule has 0 spiro atoms. The fourth-order valence-electron chi connectivity index (χ4n) is 4.70. The zero-order valence-electron chi connectivity index (χ0n) is 19.5. The van der Waals surface area contributed by atoms with Gasteiger partial charge in [0.1, 0.15) is 16.7 Å². The van der Waals surface area contributed by atoms with E-state index in [2.05, 4.69) is 35.6 Å². The van der Waals surface area contributed by atoms with Gasteiger partial charge in [0.2, 0.25) is 5.95 Å². The van der Waals surface area contributed by atoms with Crippen molar-refractivity contribution in [2.24, 2.45) is 5.92 Å². The molecule has 2 aromatic heterocycles. The fraction of sp³-hybridized carbons (Fsp3) is 0.458. The molecule has 0 atom stereocenters. The van der Waals surface area contributed by atoms with Crippen LogP contribution in [0.2, 0.25) is 0 Å². The predicted octanol–water partition coefficient (Wildman–Crippen LogP) is 1.55. The van der Waals surface area contributed by atoms with Gasteiger partial charge in [-0.2, -0.15) is 10.1 Å². The topological polar surface area (TPSA) is 139 Å². The number of H-pyrrole nitrogens is 1. The van der Waals surface area contributed by atoms with Crippen LogP contribution in [0.5, 0.6) is 0 Å². The van der Waals surface area contributed by atoms with Crippen molar-refractivity contribution in [3.8, 4) is 0 Å². The molecule has 5 rings (SSSR count). The summed E-state index contributed by atoms with van der Waals surface area (Å²) >= 11 is 0. The minimum absolute atomic E-state index is 0.227. The summed E-state index contributed by atoms with van der Waals surface area (Å²) in [4.78, 5) is 37.5. The summed E-state index contributed by atoms with van der Waals surface area (Å²) in [5.74, 6) is 0.115. The van der Waals surface area contributed by atoms with Crippen molar-refractivity contribution < 1.29 is 9.90 Å². The SMILES string of the molecule is O=C(O)C1CCN(Cc2ccc(Nc3nc(N4CCCNCC4)nc4cn[nH]c(=O)c34)cc2)CC1. The van der Waals surface area contributed by atoms with Crippen molar-refractivity contribution in [3.05, 3.63) is 46.4 Å². The van der Waals surface area contributed by atoms with Crippen molar-refractivity contribution in [3.63, 3.8) is 0 Å². The number of anilines is 3. The Morgan fingerprint density at radius 2 is 1.89 bits per heavy atom. The maximum atomic E-state index is 12.6. The zero-order chi connectivity index (χ0) is 24.2. The van der Waals surface area contributed by atoms with Crippen molar-refractivity contribution in [1.29, 1.82) is 0 Å². The van der Waals surface area contributed by atoms with Crippen LogP contribution >= 0.6 is 0 Å². The lowest BCUT2D eigenvalue weighted by atomic mass is 9.97. The summed E-state index contributed by atoms with van der Waals surface area (Å²) in [6.45, 7) is 5.80. The molecule has 11 heteroatoms. The average molecular weight is 479 g/mol. The largest absolute Gasteiger partial charge is 0.481 e. The second kappa shape index (κ2) is 10.4. The van der Waals surface area contributed by atoms with Gasteiger partial charge >= 0.3 is 5.97 Å². The number of carboxylic acids is 1. The van der Waals surface area contributed by atoms with E-state index in [4.69, 9.17) is 4.98 Å². The fourth-order valence-corrected chi connectivity index (χ4v) is 4.70. The maximum absolute atomic E-state index is 12.6. The molecule has 35 heavy (non-hydrogen) atoms. The van der Waals surface area contributed by atoms with Crippen molar-refractivity contribution in [2.75, 3.05) is 49.5 Å². The monoisotopic (exact) mass is 478 g/mol. The van der Waals surface area contributed by atoms with E-state index < -0.39 is 5.97 Å². The van der Waals surface area contributed by atoms with Crippen molar-refractivity contribution in [2.45, 2.75) is 25.8 Å². The zero-order valence-corrected chi connectivity index (χ0v) is 19.5. The van der Waals surface area contributed by atoms with Gasteiger partial charge in [-0.1, -0.05) is 12.1 Å². The Labute approximate surface area is 202 Å². The third-order valence-corrected chi connectivity index (χ3v) is 6.69. The number of hydrogen-bond acceptors (Lipinski definition) is 9. The standard InChI is InChI=1S/C24H30N8O3/c33-22-20-19(14-26-30-22)28-24(32-10-1-8-25-9-13-32)29-21(20)27-18-4-2-16(3-5-18)15-31-11-6-17(7-12-31)23(34)35/h2-5,14,17,25H,1,6-13,15H2,(H,30,33)(H,34,35)(H,27,28,29). The van der Waals surface area contributed by atoms with Crippen LogP contribution in [0, 0.1) is 5.92 Å². The van der Waals surface area contributed by atoms with Gasteiger partial charge in [0, 0.05) is 31.9 Å². The van der Waals surface area contributed by atoms with Crippen molar-refractivity contribution in [1.82, 2.24) is 30.4 Å². The molecule has 0 unspecified atom stereocenters. The Balaban J connectivity index is 1.34. The Kier molecular flexibility index (Phi) is 6.87. The number of piperidine rings is 1. The third kappa shape index (κ3) is 5.41. The summed E-state index contributed by atoms with van der Waals surface area (Å²) in [5.41, 5.74) is 2.13. The second-order valence-electron chi connectivity index (χ2n) is 9.13. The molecule has 0 saturated carbocycles. The quantitative estimate of drug-likeness (QED) is 0.413. The van der Waals surface area contributed by atoms with E-state index in [1.54, 1.807) is 6.20 Å². The first kappa shape index (κ1) is 23.2. The average Bonchev–Trinajstić information content (AvgIpc) is 3.15. The minimum atomic E-state index is -0.692. The highest BCUT2D eigenvalue weighted by Crippen LogP contribution is 2.25. The van der Waals surface area contributed by atoms with Crippen LogP contribution in [-0.4, -0.2) is 75.4 Å². The molecule has 0 radical (unpaired) electrons. The Hall–Kier alpha value is -3.57. The number of hydrogen-bond donors (Lipinski definition) is 4. The minimum Gasteiger partial charge on any atom is -0.481 e. The molecule has 2 aliphatic heterocycles. The van der Waals surface area contributed by atoms with Crippen LogP contribution in [0.3, 0.4) is 0 Å². The molecule has 1 aromatic carbocycles. The normalized spacial score (nSPS) is 17.9. The smallest absolute Gasteiger partial charge is 0.306 e. The molecule has 2 fully saturated rings. The number of carbonyl (C=O) groups is 1. The summed E-state index contributed by atoms with van der Waals surface area (Å²) in [6.07, 6.45) is 3.93. The summed E-state index contributed by atoms with van der Waals surface area (Å²) in [5, 5.41) is 22.7. The van der Waals surface area contributed by atoms with Gasteiger partial charge in [0.05, 0.1) is 12.1 Å². The van der Waals surface area contributed by atoms with Gasteiger partial charge < -0.3 is 20.6 Å². The molecule has 11 nitrogen and oxygen atoms in total. The highest BCUT2D eigenvalue weighted by molar-refractivity contribution is 5.90. The van der Waals surface area contributed by atoms with Crippen LogP contribution in [0.15, 0.2) is 35.3 Å². The third-order valence-electron chi connectivity index (χ3n) is 6.69. The number of aliphatic carboxylic acids is 1. The number of rotatable bonds is 6. The second-order valence-corrected chi connectivity index (χ2v) is 9.13. The lowest BCUT2D eigenvalue weighted by Gasteiger charge is -2.30. The molecule has 0 bridgehead atoms. The van der Waals surface area contributed by atoms with E-state index in [-0.39, 0.29) is 11.5 Å². The molecule has 2 aliphatic rings. The summed E-state index contributed by atoms with van der Waals surface area (Å²) in [7, 11) is 0. The number of nitrogens with one attached hydrogen (secondary N) is 3. The van der Waals surface area contributed by atoms with Gasteiger partial charge in [-0.15, -0.1) is 0 Å². The lowest BCUT2D eigenvalue weighted by molar-refractivity contribution is -0.143. The van der Waals surface area contributed by atoms with E-state index in [0.717, 1.165) is 63.5 Å². The molecular formula is C24H30N8O3. The summed E-state index contributed by atoms with van der Waals surface area (Å²) < 4.78 is 0. The Bertz CT molecular complexity index is 1230. The molecule has 2 saturated heterocycles. The molecule has 0 aliphatic carbocycles. The van der Waals surface area contributed by atoms with Crippen molar-refractivity contribution >= 4 is 34.3 Å². The molecule has 0 amide bonds. The van der Waals surface area contributed by atoms with Gasteiger partial charge in [0.25, 0.3) is 5.56 Å². The van der Waals surface area contributed by atoms with Gasteiger partial charge in [-0.3, -0.25) is 14.5 Å². The molecule has 4 N–H and O–H groups in total. The van der Waals surface area contributed by atoms with Gasteiger partial charge in [0.15, 0.2) is 0 Å². The Morgan fingerprint density at radius 3 is 2.66 bits per heavy atom. The van der Waals surface area contributed by atoms with E-state index in [0.29, 0.717) is 35.5 Å². The van der Waals surface area contributed by atoms with E-state index in [1.807, 2.05) is 24.3 Å². The number of nitrogens with zero attached hydrogens (tertiary/aromatic N) is 5. The van der Waals surface area contributed by atoms with Crippen LogP contribution in [0.1, 0.15) is 24.8 Å². The first-order chi connectivity index (χ1) is 17.1.